The van der Waals surface area contributed by atoms with Gasteiger partial charge in [0.1, 0.15) is 0 Å². The van der Waals surface area contributed by atoms with E-state index in [0.29, 0.717) is 5.69 Å². The van der Waals surface area contributed by atoms with E-state index in [0.717, 1.165) is 17.5 Å². The van der Waals surface area contributed by atoms with Gasteiger partial charge in [-0.3, -0.25) is 4.72 Å². The van der Waals surface area contributed by atoms with Crippen molar-refractivity contribution in [3.63, 3.8) is 0 Å². The largest absolute Gasteiger partial charge is 0.348 e. The molecule has 19 heavy (non-hydrogen) atoms. The minimum atomic E-state index is -3.24. The van der Waals surface area contributed by atoms with Crippen LogP contribution in [0.1, 0.15) is 24.1 Å². The number of rotatable bonds is 4. The van der Waals surface area contributed by atoms with E-state index in [-0.39, 0.29) is 18.3 Å². The maximum absolute atomic E-state index is 11.2. The summed E-state index contributed by atoms with van der Waals surface area (Å²) in [6, 6.07) is 7.34. The summed E-state index contributed by atoms with van der Waals surface area (Å²) < 4.78 is 24.8. The molecule has 0 radical (unpaired) electrons. The van der Waals surface area contributed by atoms with Crippen LogP contribution in [0, 0.1) is 0 Å². The Kier molecular flexibility index (Phi) is 4.97. The molecule has 1 unspecified atom stereocenters. The average molecular weight is 302 g/mol. The van der Waals surface area contributed by atoms with Crippen LogP contribution in [0.25, 0.3) is 0 Å². The molecule has 1 aromatic heterocycles. The van der Waals surface area contributed by atoms with Crippen molar-refractivity contribution in [2.24, 2.45) is 0 Å². The Balaban J connectivity index is 0.00000180. The van der Waals surface area contributed by atoms with E-state index in [9.17, 15) is 8.42 Å². The second-order valence-corrected chi connectivity index (χ2v) is 5.98. The van der Waals surface area contributed by atoms with E-state index < -0.39 is 10.0 Å². The van der Waals surface area contributed by atoms with Gasteiger partial charge in [-0.1, -0.05) is 19.1 Å². The molecular weight excluding hydrogens is 286 g/mol. The Labute approximate surface area is 118 Å². The van der Waals surface area contributed by atoms with Gasteiger partial charge in [0.05, 0.1) is 12.6 Å². The highest BCUT2D eigenvalue weighted by Crippen LogP contribution is 2.24. The van der Waals surface area contributed by atoms with Crippen LogP contribution in [-0.4, -0.2) is 24.6 Å². The third-order valence-corrected chi connectivity index (χ3v) is 3.28. The number of hydrogen-bond acceptors (Lipinski definition) is 3. The first kappa shape index (κ1) is 15.5. The molecule has 0 fully saturated rings. The van der Waals surface area contributed by atoms with E-state index in [1.807, 2.05) is 25.1 Å². The first-order chi connectivity index (χ1) is 8.46. The summed E-state index contributed by atoms with van der Waals surface area (Å²) >= 11 is 0. The minimum Gasteiger partial charge on any atom is -0.348 e. The smallest absolute Gasteiger partial charge is 0.229 e. The summed E-state index contributed by atoms with van der Waals surface area (Å²) in [5, 5.41) is 0. The fourth-order valence-corrected chi connectivity index (χ4v) is 2.32. The Morgan fingerprint density at radius 2 is 2.11 bits per heavy atom. The van der Waals surface area contributed by atoms with Crippen LogP contribution in [0.3, 0.4) is 0 Å². The topological polar surface area (TPSA) is 74.8 Å². The zero-order valence-corrected chi connectivity index (χ0v) is 12.3. The summed E-state index contributed by atoms with van der Waals surface area (Å²) in [4.78, 5) is 7.04. The molecule has 0 aliphatic rings. The normalized spacial score (nSPS) is 12.5. The van der Waals surface area contributed by atoms with Crippen molar-refractivity contribution < 1.29 is 8.42 Å². The Hall–Kier alpha value is -1.53. The van der Waals surface area contributed by atoms with Crippen molar-refractivity contribution in [2.45, 2.75) is 12.8 Å². The summed E-state index contributed by atoms with van der Waals surface area (Å²) in [6.07, 6.45) is 4.53. The molecule has 1 heterocycles. The first-order valence-electron chi connectivity index (χ1n) is 5.52. The van der Waals surface area contributed by atoms with Crippen LogP contribution in [-0.2, 0) is 10.0 Å². The molecule has 0 aliphatic carbocycles. The van der Waals surface area contributed by atoms with E-state index in [2.05, 4.69) is 14.7 Å². The fraction of sp³-hybridized carbons (Fsp3) is 0.250. The molecule has 0 bridgehead atoms. The number of aromatic amines is 1. The number of imidazole rings is 1. The molecule has 0 saturated heterocycles. The van der Waals surface area contributed by atoms with Gasteiger partial charge in [0.25, 0.3) is 0 Å². The lowest BCUT2D eigenvalue weighted by molar-refractivity contribution is 0.607. The molecular formula is C12H16ClN3O2S. The summed E-state index contributed by atoms with van der Waals surface area (Å²) in [6.45, 7) is 2.03. The molecule has 5 nitrogen and oxygen atoms in total. The number of H-pyrrole nitrogens is 1. The zero-order valence-electron chi connectivity index (χ0n) is 10.6. The summed E-state index contributed by atoms with van der Waals surface area (Å²) in [5.74, 6) is 0.133. The van der Waals surface area contributed by atoms with Gasteiger partial charge < -0.3 is 4.98 Å². The number of nitrogens with one attached hydrogen (secondary N) is 2. The highest BCUT2D eigenvalue weighted by atomic mass is 35.5. The Morgan fingerprint density at radius 1 is 1.37 bits per heavy atom. The maximum atomic E-state index is 11.2. The summed E-state index contributed by atoms with van der Waals surface area (Å²) in [5.41, 5.74) is 2.58. The van der Waals surface area contributed by atoms with Gasteiger partial charge >= 0.3 is 0 Å². The van der Waals surface area contributed by atoms with Crippen molar-refractivity contribution in [2.75, 3.05) is 11.0 Å². The lowest BCUT2D eigenvalue weighted by Gasteiger charge is -2.12. The van der Waals surface area contributed by atoms with Crippen molar-refractivity contribution in [1.29, 1.82) is 0 Å². The molecule has 7 heteroatoms. The van der Waals surface area contributed by atoms with Crippen LogP contribution >= 0.6 is 12.4 Å². The van der Waals surface area contributed by atoms with Crippen molar-refractivity contribution in [3.8, 4) is 0 Å². The van der Waals surface area contributed by atoms with Gasteiger partial charge in [0.2, 0.25) is 10.0 Å². The van der Waals surface area contributed by atoms with Gasteiger partial charge in [0.15, 0.2) is 0 Å². The van der Waals surface area contributed by atoms with Crippen LogP contribution in [0.15, 0.2) is 36.8 Å². The Morgan fingerprint density at radius 3 is 2.68 bits per heavy atom. The lowest BCUT2D eigenvalue weighted by Crippen LogP contribution is -2.10. The third-order valence-electron chi connectivity index (χ3n) is 2.68. The number of aromatic nitrogens is 2. The maximum Gasteiger partial charge on any atom is 0.229 e. The van der Waals surface area contributed by atoms with E-state index >= 15 is 0 Å². The molecule has 1 aromatic carbocycles. The number of halogens is 1. The molecule has 2 rings (SSSR count). The van der Waals surface area contributed by atoms with Crippen molar-refractivity contribution >= 4 is 28.1 Å². The molecule has 0 saturated carbocycles. The SMILES string of the molecule is CC(c1cccc(NS(C)(=O)=O)c1)c1cnc[nH]1.Cl. The quantitative estimate of drug-likeness (QED) is 0.910. The predicted molar refractivity (Wildman–Crippen MR) is 78.3 cm³/mol. The number of anilines is 1. The summed E-state index contributed by atoms with van der Waals surface area (Å²) in [7, 11) is -3.24. The number of nitrogens with zero attached hydrogens (tertiary/aromatic N) is 1. The van der Waals surface area contributed by atoms with Gasteiger partial charge in [-0.15, -0.1) is 12.4 Å². The van der Waals surface area contributed by atoms with Gasteiger partial charge in [0, 0.05) is 23.5 Å². The van der Waals surface area contributed by atoms with Crippen molar-refractivity contribution in [1.82, 2.24) is 9.97 Å². The standard InChI is InChI=1S/C12H15N3O2S.ClH/c1-9(12-7-13-8-14-12)10-4-3-5-11(6-10)15-18(2,16)17;/h3-9,15H,1-2H3,(H,13,14);1H. The average Bonchev–Trinajstić information content (AvgIpc) is 2.79. The monoisotopic (exact) mass is 301 g/mol. The van der Waals surface area contributed by atoms with E-state index in [1.165, 1.54) is 0 Å². The second kappa shape index (κ2) is 6.08. The highest BCUT2D eigenvalue weighted by Gasteiger charge is 2.11. The highest BCUT2D eigenvalue weighted by molar-refractivity contribution is 7.92. The molecule has 0 amide bonds. The molecule has 104 valence electrons. The van der Waals surface area contributed by atoms with Crippen LogP contribution < -0.4 is 4.72 Å². The third kappa shape index (κ3) is 4.25. The number of hydrogen-bond donors (Lipinski definition) is 2. The number of benzene rings is 1. The molecule has 2 N–H and O–H groups in total. The molecule has 0 aliphatic heterocycles. The second-order valence-electron chi connectivity index (χ2n) is 4.23. The predicted octanol–water partition coefficient (Wildman–Crippen LogP) is 2.35. The molecule has 1 atom stereocenters. The van der Waals surface area contributed by atoms with Gasteiger partial charge in [-0.2, -0.15) is 0 Å². The van der Waals surface area contributed by atoms with Gasteiger partial charge in [-0.25, -0.2) is 13.4 Å². The zero-order chi connectivity index (χ0) is 13.2. The molecule has 0 spiro atoms. The minimum absolute atomic E-state index is 0. The fourth-order valence-electron chi connectivity index (χ4n) is 1.77. The van der Waals surface area contributed by atoms with Crippen molar-refractivity contribution in [3.05, 3.63) is 48.0 Å². The number of sulfonamides is 1. The van der Waals surface area contributed by atoms with Crippen LogP contribution in [0.5, 0.6) is 0 Å². The lowest BCUT2D eigenvalue weighted by atomic mass is 9.98. The van der Waals surface area contributed by atoms with E-state index in [4.69, 9.17) is 0 Å². The van der Waals surface area contributed by atoms with E-state index in [1.54, 1.807) is 18.6 Å². The van der Waals surface area contributed by atoms with Gasteiger partial charge in [-0.05, 0) is 17.7 Å². The van der Waals surface area contributed by atoms with Crippen LogP contribution in [0.4, 0.5) is 5.69 Å². The molecule has 2 aromatic rings. The first-order valence-corrected chi connectivity index (χ1v) is 7.41. The Bertz CT molecular complexity index is 626. The van der Waals surface area contributed by atoms with Crippen LogP contribution in [0.2, 0.25) is 0 Å².